The van der Waals surface area contributed by atoms with E-state index in [0.29, 0.717) is 13.0 Å². The molecule has 0 bridgehead atoms. The van der Waals surface area contributed by atoms with Crippen molar-refractivity contribution in [3.8, 4) is 11.8 Å². The lowest BCUT2D eigenvalue weighted by atomic mass is 9.77. The molecule has 4 rings (SSSR count). The van der Waals surface area contributed by atoms with Gasteiger partial charge >= 0.3 is 12.8 Å². The highest BCUT2D eigenvalue weighted by Gasteiger charge is 2.65. The average Bonchev–Trinajstić information content (AvgIpc) is 3.29. The van der Waals surface area contributed by atoms with E-state index in [9.17, 15) is 35.1 Å². The molecule has 1 fully saturated rings. The molecule has 0 amide bonds. The lowest BCUT2D eigenvalue weighted by Gasteiger charge is -2.32. The van der Waals surface area contributed by atoms with Crippen LogP contribution < -0.4 is 4.74 Å². The molecular weight excluding hydrogens is 490 g/mol. The minimum absolute atomic E-state index is 0.0157. The zero-order chi connectivity index (χ0) is 26.8. The molecular formula is C22H15F8N3O2. The van der Waals surface area contributed by atoms with Crippen LogP contribution in [0, 0.1) is 34.7 Å². The number of aromatic amines is 1. The van der Waals surface area contributed by atoms with Gasteiger partial charge in [-0.25, -0.2) is 13.8 Å². The van der Waals surface area contributed by atoms with Crippen molar-refractivity contribution >= 4 is 11.0 Å². The summed E-state index contributed by atoms with van der Waals surface area (Å²) in [7, 11) is 0. The SMILES string of the molecule is [2H]C(F)(F)Oc1c([C@H]2[C@H](c3nc4cc(C#N)c(F)cc4[nH]3)O[C@@](C)(C(F)(F)F)[C@H]2C)ccc(F)c1F. The van der Waals surface area contributed by atoms with E-state index in [-0.39, 0.29) is 16.9 Å². The summed E-state index contributed by atoms with van der Waals surface area (Å²) in [5.41, 5.74) is -3.98. The van der Waals surface area contributed by atoms with Crippen LogP contribution in [0.15, 0.2) is 24.3 Å². The summed E-state index contributed by atoms with van der Waals surface area (Å²) in [5, 5.41) is 9.02. The second-order valence-electron chi connectivity index (χ2n) is 8.15. The summed E-state index contributed by atoms with van der Waals surface area (Å²) >= 11 is 0. The molecule has 5 nitrogen and oxygen atoms in total. The van der Waals surface area contributed by atoms with Gasteiger partial charge in [0.25, 0.3) is 0 Å². The number of nitriles is 1. The molecule has 2 heterocycles. The summed E-state index contributed by atoms with van der Waals surface area (Å²) in [6.07, 6.45) is -6.73. The fraction of sp³-hybridized carbons (Fsp3) is 0.364. The van der Waals surface area contributed by atoms with Gasteiger partial charge in [-0.2, -0.15) is 31.6 Å². The van der Waals surface area contributed by atoms with Crippen LogP contribution in [0.3, 0.4) is 0 Å². The van der Waals surface area contributed by atoms with Crippen molar-refractivity contribution in [2.45, 2.75) is 44.2 Å². The maximum absolute atomic E-state index is 14.5. The van der Waals surface area contributed by atoms with E-state index < -0.39 is 70.6 Å². The van der Waals surface area contributed by atoms with Crippen molar-refractivity contribution in [3.05, 3.63) is 58.7 Å². The van der Waals surface area contributed by atoms with Crippen LogP contribution >= 0.6 is 0 Å². The number of imidazole rings is 1. The number of alkyl halides is 5. The third kappa shape index (κ3) is 3.95. The van der Waals surface area contributed by atoms with E-state index in [1.807, 2.05) is 0 Å². The Morgan fingerprint density at radius 1 is 1.23 bits per heavy atom. The van der Waals surface area contributed by atoms with E-state index in [1.165, 1.54) is 0 Å². The number of aromatic nitrogens is 2. The number of H-pyrrole nitrogens is 1. The molecule has 1 saturated heterocycles. The number of halogens is 8. The molecule has 186 valence electrons. The maximum atomic E-state index is 14.5. The molecule has 3 aromatic rings. The van der Waals surface area contributed by atoms with Crippen molar-refractivity contribution in [2.24, 2.45) is 5.92 Å². The molecule has 0 aliphatic carbocycles. The summed E-state index contributed by atoms with van der Waals surface area (Å²) in [6.45, 7) is -2.99. The van der Waals surface area contributed by atoms with Gasteiger partial charge in [0.05, 0.1) is 16.6 Å². The smallest absolute Gasteiger partial charge is 0.417 e. The molecule has 35 heavy (non-hydrogen) atoms. The quantitative estimate of drug-likeness (QED) is 0.424. The Kier molecular flexibility index (Phi) is 5.58. The van der Waals surface area contributed by atoms with Gasteiger partial charge in [-0.15, -0.1) is 0 Å². The van der Waals surface area contributed by atoms with Gasteiger partial charge in [0, 0.05) is 23.5 Å². The van der Waals surface area contributed by atoms with Gasteiger partial charge in [0.1, 0.15) is 23.8 Å². The van der Waals surface area contributed by atoms with Crippen LogP contribution in [0.25, 0.3) is 11.0 Å². The zero-order valence-electron chi connectivity index (χ0n) is 18.8. The molecule has 0 saturated carbocycles. The van der Waals surface area contributed by atoms with Crippen molar-refractivity contribution in [1.82, 2.24) is 9.97 Å². The van der Waals surface area contributed by atoms with Crippen molar-refractivity contribution < 1.29 is 46.0 Å². The van der Waals surface area contributed by atoms with E-state index >= 15 is 0 Å². The number of ether oxygens (including phenoxy) is 2. The number of nitrogens with zero attached hydrogens (tertiary/aromatic N) is 2. The first-order valence-electron chi connectivity index (χ1n) is 10.5. The zero-order valence-corrected chi connectivity index (χ0v) is 17.8. The Morgan fingerprint density at radius 3 is 2.51 bits per heavy atom. The maximum Gasteiger partial charge on any atom is 0.417 e. The molecule has 2 aromatic carbocycles. The lowest BCUT2D eigenvalue weighted by molar-refractivity contribution is -0.275. The monoisotopic (exact) mass is 506 g/mol. The van der Waals surface area contributed by atoms with E-state index in [1.54, 1.807) is 6.07 Å². The average molecular weight is 506 g/mol. The fourth-order valence-corrected chi connectivity index (χ4v) is 4.29. The molecule has 1 aliphatic rings. The Morgan fingerprint density at radius 2 is 1.91 bits per heavy atom. The molecule has 13 heteroatoms. The molecule has 4 atom stereocenters. The van der Waals surface area contributed by atoms with Crippen LogP contribution in [0.4, 0.5) is 35.1 Å². The van der Waals surface area contributed by atoms with Crippen LogP contribution in [-0.4, -0.2) is 28.3 Å². The minimum atomic E-state index is -5.01. The number of hydrogen-bond acceptors (Lipinski definition) is 4. The first kappa shape index (κ1) is 23.3. The number of benzene rings is 2. The van der Waals surface area contributed by atoms with Gasteiger partial charge < -0.3 is 14.5 Å². The third-order valence-electron chi connectivity index (χ3n) is 6.27. The second-order valence-corrected chi connectivity index (χ2v) is 8.15. The molecule has 1 aliphatic heterocycles. The Labute approximate surface area is 193 Å². The van der Waals surface area contributed by atoms with E-state index in [2.05, 4.69) is 14.7 Å². The number of hydrogen-bond donors (Lipinski definition) is 1. The fourth-order valence-electron chi connectivity index (χ4n) is 4.29. The number of fused-ring (bicyclic) bond motifs is 1. The van der Waals surface area contributed by atoms with E-state index in [0.717, 1.165) is 25.1 Å². The van der Waals surface area contributed by atoms with Crippen LogP contribution in [0.5, 0.6) is 5.75 Å². The van der Waals surface area contributed by atoms with Gasteiger partial charge in [0.2, 0.25) is 5.82 Å². The van der Waals surface area contributed by atoms with Crippen LogP contribution in [0.1, 0.15) is 44.2 Å². The highest BCUT2D eigenvalue weighted by Crippen LogP contribution is 2.59. The summed E-state index contributed by atoms with van der Waals surface area (Å²) in [4.78, 5) is 6.67. The molecule has 0 spiro atoms. The summed E-state index contributed by atoms with van der Waals surface area (Å²) in [5.74, 6) is -9.50. The minimum Gasteiger partial charge on any atom is -0.431 e. The van der Waals surface area contributed by atoms with Gasteiger partial charge in [-0.05, 0) is 19.1 Å². The van der Waals surface area contributed by atoms with Gasteiger partial charge in [0.15, 0.2) is 18.5 Å². The van der Waals surface area contributed by atoms with E-state index in [4.69, 9.17) is 11.4 Å². The Balaban J connectivity index is 1.94. The Bertz CT molecular complexity index is 1380. The lowest BCUT2D eigenvalue weighted by Crippen LogP contribution is -2.46. The topological polar surface area (TPSA) is 70.9 Å². The Hall–Kier alpha value is -3.40. The molecule has 1 N–H and O–H groups in total. The predicted octanol–water partition coefficient (Wildman–Crippen LogP) is 6.27. The highest BCUT2D eigenvalue weighted by molar-refractivity contribution is 5.77. The largest absolute Gasteiger partial charge is 0.431 e. The number of rotatable bonds is 4. The summed E-state index contributed by atoms with van der Waals surface area (Å²) in [6, 6.07) is 4.78. The molecule has 0 unspecified atom stereocenters. The normalized spacial score (nSPS) is 25.5. The first-order valence-corrected chi connectivity index (χ1v) is 9.96. The summed E-state index contributed by atoms with van der Waals surface area (Å²) < 4.78 is 127. The predicted molar refractivity (Wildman–Crippen MR) is 104 cm³/mol. The number of nitrogens with one attached hydrogen (secondary N) is 1. The highest BCUT2D eigenvalue weighted by atomic mass is 19.4. The standard InChI is InChI=1S/C22H15F8N3O2/c1-8-15(10-3-4-11(23)16(25)17(10)34-20(26)27)18(35-21(8,2)22(28,29)30)19-32-13-5-9(7-31)12(24)6-14(13)33-19/h3-6,8,15,18,20H,1-2H3,(H,32,33)/t8-,15-,18+,21+/m0/s1/i20D. The molecule has 1 aromatic heterocycles. The van der Waals surface area contributed by atoms with Crippen molar-refractivity contribution in [2.75, 3.05) is 0 Å². The second kappa shape index (κ2) is 8.37. The van der Waals surface area contributed by atoms with Crippen molar-refractivity contribution in [3.63, 3.8) is 0 Å². The van der Waals surface area contributed by atoms with Crippen LogP contribution in [0.2, 0.25) is 0 Å². The third-order valence-corrected chi connectivity index (χ3v) is 6.27. The van der Waals surface area contributed by atoms with Gasteiger partial charge in [-0.3, -0.25) is 0 Å². The van der Waals surface area contributed by atoms with Crippen LogP contribution in [-0.2, 0) is 4.74 Å². The molecule has 0 radical (unpaired) electrons. The van der Waals surface area contributed by atoms with Crippen molar-refractivity contribution in [1.29, 1.82) is 5.26 Å². The first-order chi connectivity index (χ1) is 16.6. The van der Waals surface area contributed by atoms with Gasteiger partial charge in [-0.1, -0.05) is 13.0 Å².